The molecule has 0 aromatic carbocycles. The third-order valence-corrected chi connectivity index (χ3v) is 1.86. The fourth-order valence-corrected chi connectivity index (χ4v) is 1.30. The molecule has 0 fully saturated rings. The summed E-state index contributed by atoms with van der Waals surface area (Å²) in [6.07, 6.45) is -4.84. The zero-order chi connectivity index (χ0) is 11.7. The lowest BCUT2D eigenvalue weighted by atomic mass is 10.1. The van der Waals surface area contributed by atoms with Crippen molar-refractivity contribution in [3.05, 3.63) is 11.1 Å². The third-order valence-electron chi connectivity index (χ3n) is 1.30. The molecule has 0 amide bonds. The van der Waals surface area contributed by atoms with Crippen LogP contribution in [0, 0.1) is 0 Å². The predicted octanol–water partition coefficient (Wildman–Crippen LogP) is 3.32. The second kappa shape index (κ2) is 4.16. The Balaban J connectivity index is 5.53. The first-order chi connectivity index (χ1) is 5.98. The topological polar surface area (TPSA) is 37.3 Å². The van der Waals surface area contributed by atoms with Crippen molar-refractivity contribution in [1.29, 1.82) is 0 Å². The molecule has 2 nitrogen and oxygen atoms in total. The van der Waals surface area contributed by atoms with Crippen molar-refractivity contribution in [1.82, 2.24) is 0 Å². The molecule has 0 aromatic heterocycles. The monoisotopic (exact) mass is 270 g/mol. The van der Waals surface area contributed by atoms with Gasteiger partial charge in [0.15, 0.2) is 0 Å². The molecule has 0 saturated carbocycles. The van der Waals surface area contributed by atoms with Gasteiger partial charge in [-0.25, -0.2) is 4.79 Å². The zero-order valence-corrected chi connectivity index (χ0v) is 8.89. The van der Waals surface area contributed by atoms with Crippen LogP contribution in [0.5, 0.6) is 0 Å². The van der Waals surface area contributed by atoms with Crippen LogP contribution in [0.4, 0.5) is 13.2 Å². The SMILES string of the molecule is C/C(=C(/C(=O)O)C(Cl)(Cl)Cl)C(F)(F)F. The summed E-state index contributed by atoms with van der Waals surface area (Å²) in [4.78, 5) is 10.4. The Hall–Kier alpha value is -0.130. The third kappa shape index (κ3) is 3.55. The van der Waals surface area contributed by atoms with E-state index in [9.17, 15) is 18.0 Å². The Morgan fingerprint density at radius 1 is 1.21 bits per heavy atom. The average Bonchev–Trinajstić information content (AvgIpc) is 1.79. The van der Waals surface area contributed by atoms with Gasteiger partial charge >= 0.3 is 12.1 Å². The molecule has 1 N–H and O–H groups in total. The van der Waals surface area contributed by atoms with Crippen LogP contribution in [0.1, 0.15) is 6.92 Å². The lowest BCUT2D eigenvalue weighted by Gasteiger charge is -2.17. The zero-order valence-electron chi connectivity index (χ0n) is 6.62. The Kier molecular flexibility index (Phi) is 4.12. The highest BCUT2D eigenvalue weighted by atomic mass is 35.6. The molecule has 0 unspecified atom stereocenters. The molecule has 0 aromatic rings. The van der Waals surface area contributed by atoms with E-state index in [1.165, 1.54) is 0 Å². The summed E-state index contributed by atoms with van der Waals surface area (Å²) in [6, 6.07) is 0. The van der Waals surface area contributed by atoms with E-state index >= 15 is 0 Å². The van der Waals surface area contributed by atoms with Crippen molar-refractivity contribution in [3.8, 4) is 0 Å². The summed E-state index contributed by atoms with van der Waals surface area (Å²) in [6.45, 7) is 0.533. The summed E-state index contributed by atoms with van der Waals surface area (Å²) in [5.74, 6) is -1.92. The molecule has 0 heterocycles. The predicted molar refractivity (Wildman–Crippen MR) is 46.7 cm³/mol. The van der Waals surface area contributed by atoms with Gasteiger partial charge in [0.1, 0.15) is 0 Å². The second-order valence-corrected chi connectivity index (χ2v) is 4.58. The maximum atomic E-state index is 12.1. The summed E-state index contributed by atoms with van der Waals surface area (Å²) < 4.78 is 33.7. The molecule has 0 aliphatic rings. The minimum absolute atomic E-state index is 0.533. The summed E-state index contributed by atoms with van der Waals surface area (Å²) in [5, 5.41) is 8.43. The van der Waals surface area contributed by atoms with E-state index in [4.69, 9.17) is 39.9 Å². The number of alkyl halides is 6. The van der Waals surface area contributed by atoms with Crippen LogP contribution in [0.25, 0.3) is 0 Å². The van der Waals surface area contributed by atoms with E-state index in [-0.39, 0.29) is 0 Å². The van der Waals surface area contributed by atoms with Crippen LogP contribution in [0.2, 0.25) is 0 Å². The normalized spacial score (nSPS) is 15.1. The highest BCUT2D eigenvalue weighted by molar-refractivity contribution is 6.70. The van der Waals surface area contributed by atoms with Crippen molar-refractivity contribution in [2.24, 2.45) is 0 Å². The number of carboxylic acid groups (broad SMARTS) is 1. The Bertz CT molecular complexity index is 277. The number of hydrogen-bond acceptors (Lipinski definition) is 1. The highest BCUT2D eigenvalue weighted by Gasteiger charge is 2.42. The first-order valence-electron chi connectivity index (χ1n) is 3.06. The van der Waals surface area contributed by atoms with Gasteiger partial charge in [0.2, 0.25) is 3.79 Å². The van der Waals surface area contributed by atoms with E-state index in [0.29, 0.717) is 6.92 Å². The number of rotatable bonds is 1. The largest absolute Gasteiger partial charge is 0.478 e. The van der Waals surface area contributed by atoms with Crippen molar-refractivity contribution in [3.63, 3.8) is 0 Å². The molecule has 82 valence electrons. The van der Waals surface area contributed by atoms with Crippen LogP contribution in [0.3, 0.4) is 0 Å². The highest BCUT2D eigenvalue weighted by Crippen LogP contribution is 2.40. The van der Waals surface area contributed by atoms with Crippen LogP contribution < -0.4 is 0 Å². The molecule has 0 saturated heterocycles. The number of carbonyl (C=O) groups is 1. The van der Waals surface area contributed by atoms with Gasteiger partial charge in [0, 0.05) is 5.57 Å². The van der Waals surface area contributed by atoms with E-state index in [0.717, 1.165) is 0 Å². The summed E-state index contributed by atoms with van der Waals surface area (Å²) >= 11 is 15.3. The van der Waals surface area contributed by atoms with Gasteiger partial charge in [-0.15, -0.1) is 0 Å². The lowest BCUT2D eigenvalue weighted by Crippen LogP contribution is -2.24. The first-order valence-corrected chi connectivity index (χ1v) is 4.20. The fraction of sp³-hybridized carbons (Fsp3) is 0.500. The molecule has 0 rings (SSSR count). The van der Waals surface area contributed by atoms with Crippen molar-refractivity contribution >= 4 is 40.8 Å². The maximum Gasteiger partial charge on any atom is 0.413 e. The Morgan fingerprint density at radius 3 is 1.64 bits per heavy atom. The smallest absolute Gasteiger partial charge is 0.413 e. The van der Waals surface area contributed by atoms with Gasteiger partial charge in [-0.2, -0.15) is 13.2 Å². The number of allylic oxidation sites excluding steroid dienone is 1. The number of carboxylic acids is 1. The molecular weight excluding hydrogens is 267 g/mol. The summed E-state index contributed by atoms with van der Waals surface area (Å²) in [7, 11) is 0. The number of hydrogen-bond donors (Lipinski definition) is 1. The second-order valence-electron chi connectivity index (χ2n) is 2.30. The first kappa shape index (κ1) is 13.9. The van der Waals surface area contributed by atoms with Gasteiger partial charge in [-0.05, 0) is 6.92 Å². The van der Waals surface area contributed by atoms with Gasteiger partial charge in [0.05, 0.1) is 5.57 Å². The van der Waals surface area contributed by atoms with Crippen LogP contribution in [0.15, 0.2) is 11.1 Å². The molecule has 0 aliphatic heterocycles. The van der Waals surface area contributed by atoms with Gasteiger partial charge in [-0.1, -0.05) is 34.8 Å². The van der Waals surface area contributed by atoms with Crippen molar-refractivity contribution in [2.75, 3.05) is 0 Å². The molecular formula is C6H4Cl3F3O2. The maximum absolute atomic E-state index is 12.1. The molecule has 0 spiro atoms. The molecule has 0 radical (unpaired) electrons. The minimum Gasteiger partial charge on any atom is -0.478 e. The molecule has 0 bridgehead atoms. The van der Waals surface area contributed by atoms with Gasteiger partial charge in [0.25, 0.3) is 0 Å². The molecule has 14 heavy (non-hydrogen) atoms. The van der Waals surface area contributed by atoms with E-state index in [2.05, 4.69) is 0 Å². The number of halogens is 6. The average molecular weight is 271 g/mol. The van der Waals surface area contributed by atoms with Crippen molar-refractivity contribution in [2.45, 2.75) is 16.9 Å². The van der Waals surface area contributed by atoms with E-state index in [1.807, 2.05) is 0 Å². The number of aliphatic carboxylic acids is 1. The molecule has 8 heteroatoms. The van der Waals surface area contributed by atoms with Gasteiger partial charge in [-0.3, -0.25) is 0 Å². The quantitative estimate of drug-likeness (QED) is 0.587. The Labute approximate surface area is 92.2 Å². The van der Waals surface area contributed by atoms with Gasteiger partial charge < -0.3 is 5.11 Å². The minimum atomic E-state index is -4.84. The molecule has 0 aliphatic carbocycles. The fourth-order valence-electron chi connectivity index (χ4n) is 0.636. The van der Waals surface area contributed by atoms with E-state index < -0.39 is 27.1 Å². The van der Waals surface area contributed by atoms with Crippen LogP contribution in [-0.4, -0.2) is 21.0 Å². The Morgan fingerprint density at radius 2 is 1.57 bits per heavy atom. The van der Waals surface area contributed by atoms with E-state index in [1.54, 1.807) is 0 Å². The van der Waals surface area contributed by atoms with Crippen LogP contribution in [-0.2, 0) is 4.79 Å². The lowest BCUT2D eigenvalue weighted by molar-refractivity contribution is -0.134. The standard InChI is InChI=1S/C6H4Cl3F3O2/c1-2(6(10,11)12)3(4(13)14)5(7,8)9/h1H3,(H,13,14)/b3-2+. The summed E-state index contributed by atoms with van der Waals surface area (Å²) in [5.41, 5.74) is -2.74. The molecule has 0 atom stereocenters. The van der Waals surface area contributed by atoms with Crippen molar-refractivity contribution < 1.29 is 23.1 Å². The van der Waals surface area contributed by atoms with Crippen LogP contribution >= 0.6 is 34.8 Å².